The van der Waals surface area contributed by atoms with Gasteiger partial charge < -0.3 is 29.2 Å². The van der Waals surface area contributed by atoms with Crippen molar-refractivity contribution in [3.8, 4) is 0 Å². The largest absolute Gasteiger partial charge is 0.462 e. The minimum atomic E-state index is -1.04. The van der Waals surface area contributed by atoms with Crippen LogP contribution >= 0.6 is 0 Å². The summed E-state index contributed by atoms with van der Waals surface area (Å²) >= 11 is 0. The molecule has 3 aliphatic carbocycles. The average Bonchev–Trinajstić information content (AvgIpc) is 3.15. The Labute approximate surface area is 198 Å². The highest BCUT2D eigenvalue weighted by atomic mass is 16.7. The van der Waals surface area contributed by atoms with Crippen LogP contribution in [0.1, 0.15) is 53.9 Å². The first-order chi connectivity index (χ1) is 15.9. The molecule has 9 heteroatoms. The van der Waals surface area contributed by atoms with Gasteiger partial charge in [-0.15, -0.1) is 0 Å². The fourth-order valence-corrected chi connectivity index (χ4v) is 7.44. The zero-order valence-electron chi connectivity index (χ0n) is 20.2. The van der Waals surface area contributed by atoms with Crippen LogP contribution in [0.5, 0.6) is 0 Å². The molecule has 0 aromatic heterocycles. The van der Waals surface area contributed by atoms with Gasteiger partial charge in [-0.1, -0.05) is 13.8 Å². The minimum absolute atomic E-state index is 0.128. The van der Waals surface area contributed by atoms with Gasteiger partial charge in [0.15, 0.2) is 6.10 Å². The lowest BCUT2D eigenvalue weighted by Crippen LogP contribution is -2.58. The molecule has 5 rings (SSSR count). The van der Waals surface area contributed by atoms with Gasteiger partial charge in [-0.3, -0.25) is 14.4 Å². The number of ether oxygens (including phenoxy) is 4. The van der Waals surface area contributed by atoms with Crippen molar-refractivity contribution in [2.75, 3.05) is 0 Å². The minimum Gasteiger partial charge on any atom is -0.462 e. The van der Waals surface area contributed by atoms with Gasteiger partial charge in [0, 0.05) is 35.2 Å². The van der Waals surface area contributed by atoms with E-state index in [0.29, 0.717) is 18.4 Å². The SMILES string of the molecule is CC(C)CC(=O)O[C@@H]1[C@@H]2OC(=O)[C@]3(C)[C@H]1C[C@@]14C2=CO[C@@H](OC(=O)C(C)C(C)O)[C@@H]1C[C@@H](O)[C@@H]34. The van der Waals surface area contributed by atoms with E-state index >= 15 is 0 Å². The summed E-state index contributed by atoms with van der Waals surface area (Å²) in [5.41, 5.74) is -1.00. The highest BCUT2D eigenvalue weighted by Crippen LogP contribution is 2.77. The van der Waals surface area contributed by atoms with Crippen molar-refractivity contribution in [2.24, 2.45) is 40.4 Å². The molecule has 34 heavy (non-hydrogen) atoms. The molecular weight excluding hydrogens is 444 g/mol. The Kier molecular flexibility index (Phi) is 5.33. The summed E-state index contributed by atoms with van der Waals surface area (Å²) in [6.45, 7) is 8.77. The maximum atomic E-state index is 13.3. The predicted molar refractivity (Wildman–Crippen MR) is 115 cm³/mol. The number of rotatable bonds is 6. The number of esters is 3. The zero-order chi connectivity index (χ0) is 24.7. The lowest BCUT2D eigenvalue weighted by Gasteiger charge is -2.51. The Hall–Kier alpha value is -2.13. The molecule has 188 valence electrons. The van der Waals surface area contributed by atoms with E-state index < -0.39 is 65.3 Å². The molecule has 9 nitrogen and oxygen atoms in total. The first-order valence-electron chi connectivity index (χ1n) is 12.3. The van der Waals surface area contributed by atoms with Crippen LogP contribution in [-0.2, 0) is 33.3 Å². The summed E-state index contributed by atoms with van der Waals surface area (Å²) < 4.78 is 23.3. The summed E-state index contributed by atoms with van der Waals surface area (Å²) in [6.07, 6.45) is -1.54. The summed E-state index contributed by atoms with van der Waals surface area (Å²) in [5, 5.41) is 21.0. The first kappa shape index (κ1) is 23.6. The molecule has 5 aliphatic rings. The summed E-state index contributed by atoms with van der Waals surface area (Å²) in [5.74, 6) is -3.10. The van der Waals surface area contributed by atoms with Crippen LogP contribution in [0.4, 0.5) is 0 Å². The molecule has 1 saturated heterocycles. The Morgan fingerprint density at radius 1 is 1.21 bits per heavy atom. The first-order valence-corrected chi connectivity index (χ1v) is 12.3. The Bertz CT molecular complexity index is 941. The summed E-state index contributed by atoms with van der Waals surface area (Å²) in [6, 6.07) is 0. The van der Waals surface area contributed by atoms with Crippen LogP contribution in [0.25, 0.3) is 0 Å². The second kappa shape index (κ2) is 7.68. The maximum absolute atomic E-state index is 13.3. The molecule has 2 aliphatic heterocycles. The van der Waals surface area contributed by atoms with Crippen molar-refractivity contribution in [1.82, 2.24) is 0 Å². The third kappa shape index (κ3) is 2.95. The molecule has 2 unspecified atom stereocenters. The third-order valence-electron chi connectivity index (χ3n) is 9.11. The molecule has 3 bridgehead atoms. The standard InChI is InChI=1S/C25H34O9/c1-10(2)6-17(28)32-18-14-8-25-13-7-16(27)20(25)24(14,5)23(30)33-19(18)15(25)9-31-22(13)34-21(29)11(3)12(4)26/h9-14,16,18-20,22,26-27H,6-8H2,1-5H3/t11?,12?,13-,14-,16+,18-,19+,20-,22-,24+,25-/m0/s1. The van der Waals surface area contributed by atoms with E-state index in [9.17, 15) is 24.6 Å². The van der Waals surface area contributed by atoms with Crippen LogP contribution in [-0.4, -0.2) is 58.8 Å². The van der Waals surface area contributed by atoms with E-state index in [1.165, 1.54) is 13.2 Å². The van der Waals surface area contributed by atoms with E-state index in [1.54, 1.807) is 13.8 Å². The van der Waals surface area contributed by atoms with Gasteiger partial charge in [-0.05, 0) is 39.5 Å². The van der Waals surface area contributed by atoms with E-state index in [4.69, 9.17) is 18.9 Å². The maximum Gasteiger partial charge on any atom is 0.314 e. The lowest BCUT2D eigenvalue weighted by atomic mass is 9.61. The number of hydrogen-bond donors (Lipinski definition) is 2. The summed E-state index contributed by atoms with van der Waals surface area (Å²) in [4.78, 5) is 38.5. The molecule has 0 aromatic rings. The van der Waals surface area contributed by atoms with Crippen LogP contribution in [0.3, 0.4) is 0 Å². The number of aliphatic hydroxyl groups excluding tert-OH is 2. The van der Waals surface area contributed by atoms with Gasteiger partial charge in [0.1, 0.15) is 6.10 Å². The molecule has 3 saturated carbocycles. The number of carbonyl (C=O) groups is 3. The molecule has 0 amide bonds. The normalized spacial score (nSPS) is 45.1. The van der Waals surface area contributed by atoms with Crippen molar-refractivity contribution in [3.63, 3.8) is 0 Å². The molecule has 11 atom stereocenters. The van der Waals surface area contributed by atoms with Crippen molar-refractivity contribution < 1.29 is 43.5 Å². The molecular formula is C25H34O9. The second-order valence-corrected chi connectivity index (χ2v) is 11.4. The van der Waals surface area contributed by atoms with Crippen LogP contribution < -0.4 is 0 Å². The van der Waals surface area contributed by atoms with Gasteiger partial charge in [0.05, 0.1) is 29.8 Å². The zero-order valence-corrected chi connectivity index (χ0v) is 20.2. The smallest absolute Gasteiger partial charge is 0.314 e. The summed E-state index contributed by atoms with van der Waals surface area (Å²) in [7, 11) is 0. The number of hydrogen-bond acceptors (Lipinski definition) is 9. The quantitative estimate of drug-likeness (QED) is 0.433. The molecule has 1 spiro atoms. The monoisotopic (exact) mass is 478 g/mol. The Balaban J connectivity index is 1.52. The van der Waals surface area contributed by atoms with Crippen LogP contribution in [0.2, 0.25) is 0 Å². The number of fused-ring (bicyclic) bond motifs is 3. The van der Waals surface area contributed by atoms with Gasteiger partial charge >= 0.3 is 17.9 Å². The van der Waals surface area contributed by atoms with Crippen LogP contribution in [0.15, 0.2) is 11.8 Å². The highest BCUT2D eigenvalue weighted by Gasteiger charge is 2.82. The van der Waals surface area contributed by atoms with E-state index in [0.717, 1.165) is 0 Å². The lowest BCUT2D eigenvalue weighted by molar-refractivity contribution is -0.214. The Morgan fingerprint density at radius 3 is 2.56 bits per heavy atom. The number of carbonyl (C=O) groups excluding carboxylic acids is 3. The van der Waals surface area contributed by atoms with Crippen molar-refractivity contribution >= 4 is 17.9 Å². The van der Waals surface area contributed by atoms with Crippen molar-refractivity contribution in [1.29, 1.82) is 0 Å². The number of aliphatic hydroxyl groups is 2. The van der Waals surface area contributed by atoms with Crippen molar-refractivity contribution in [3.05, 3.63) is 11.8 Å². The average molecular weight is 479 g/mol. The molecule has 0 aromatic carbocycles. The molecule has 2 heterocycles. The van der Waals surface area contributed by atoms with Gasteiger partial charge in [-0.2, -0.15) is 0 Å². The van der Waals surface area contributed by atoms with E-state index in [2.05, 4.69) is 0 Å². The second-order valence-electron chi connectivity index (χ2n) is 11.4. The molecule has 2 N–H and O–H groups in total. The predicted octanol–water partition coefficient (Wildman–Crippen LogP) is 1.69. The van der Waals surface area contributed by atoms with Gasteiger partial charge in [-0.25, -0.2) is 0 Å². The van der Waals surface area contributed by atoms with Crippen LogP contribution in [0, 0.1) is 40.4 Å². The van der Waals surface area contributed by atoms with Gasteiger partial charge in [0.2, 0.25) is 6.29 Å². The Morgan fingerprint density at radius 2 is 1.91 bits per heavy atom. The van der Waals surface area contributed by atoms with E-state index in [-0.39, 0.29) is 30.1 Å². The third-order valence-corrected chi connectivity index (χ3v) is 9.11. The van der Waals surface area contributed by atoms with E-state index in [1.807, 2.05) is 13.8 Å². The van der Waals surface area contributed by atoms with Gasteiger partial charge in [0.25, 0.3) is 0 Å². The fourth-order valence-electron chi connectivity index (χ4n) is 7.44. The van der Waals surface area contributed by atoms with Crippen molar-refractivity contribution in [2.45, 2.75) is 84.6 Å². The highest BCUT2D eigenvalue weighted by molar-refractivity contribution is 5.82. The topological polar surface area (TPSA) is 129 Å². The molecule has 4 fully saturated rings. The molecule has 0 radical (unpaired) electrons. The fraction of sp³-hybridized carbons (Fsp3) is 0.800.